The molecule has 0 spiro atoms. The van der Waals surface area contributed by atoms with Crippen LogP contribution in [0.15, 0.2) is 97.1 Å². The number of hydrogen-bond acceptors (Lipinski definition) is 22. The van der Waals surface area contributed by atoms with Crippen LogP contribution in [0.1, 0.15) is 47.9 Å². The second kappa shape index (κ2) is 20.9. The van der Waals surface area contributed by atoms with Crippen LogP contribution < -0.4 is 0 Å². The largest absolute Gasteiger partial charge is 0.504 e. The molecule has 4 aromatic rings. The van der Waals surface area contributed by atoms with Crippen molar-refractivity contribution in [2.45, 2.75) is 71.5 Å². The highest BCUT2D eigenvalue weighted by atomic mass is 16.4. The lowest BCUT2D eigenvalue weighted by atomic mass is 9.60. The number of aliphatic hydroxyl groups excluding tert-OH is 2. The summed E-state index contributed by atoms with van der Waals surface area (Å²) in [5, 5.41) is 182. The smallest absolute Gasteiger partial charge is 0.335 e. The highest BCUT2D eigenvalue weighted by molar-refractivity contribution is 6.11. The van der Waals surface area contributed by atoms with E-state index >= 15 is 0 Å². The Balaban J connectivity index is 0.000000274. The van der Waals surface area contributed by atoms with Gasteiger partial charge in [0.25, 0.3) is 0 Å². The van der Waals surface area contributed by atoms with Gasteiger partial charge in [-0.15, -0.1) is 0 Å². The number of aliphatic hydroxyl groups is 8. The van der Waals surface area contributed by atoms with Crippen molar-refractivity contribution in [1.29, 1.82) is 0 Å². The Hall–Kier alpha value is -8.46. The van der Waals surface area contributed by atoms with Crippen LogP contribution in [0.2, 0.25) is 0 Å². The van der Waals surface area contributed by atoms with Crippen molar-refractivity contribution in [1.82, 2.24) is 0 Å². The van der Waals surface area contributed by atoms with Crippen LogP contribution in [0, 0.1) is 0 Å². The van der Waals surface area contributed by atoms with E-state index in [0.717, 1.165) is 72.8 Å². The fourth-order valence-electron chi connectivity index (χ4n) is 8.13. The van der Waals surface area contributed by atoms with E-state index in [2.05, 4.69) is 0 Å². The molecule has 0 radical (unpaired) electrons. The van der Waals surface area contributed by atoms with E-state index in [4.69, 9.17) is 0 Å². The second-order valence-corrected chi connectivity index (χ2v) is 17.6. The lowest BCUT2D eigenvalue weighted by molar-refractivity contribution is -0.243. The maximum Gasteiger partial charge on any atom is 0.335 e. The van der Waals surface area contributed by atoms with Crippen molar-refractivity contribution in [2.24, 2.45) is 0 Å². The molecule has 392 valence electrons. The first-order chi connectivity index (χ1) is 34.3. The Morgan fingerprint density at radius 1 is 0.405 bits per heavy atom. The lowest BCUT2D eigenvalue weighted by Gasteiger charge is -2.50. The molecule has 0 saturated heterocycles. The normalized spacial score (nSPS) is 27.9. The maximum atomic E-state index is 13.1. The molecule has 2 saturated carbocycles. The molecule has 0 bridgehead atoms. The second-order valence-electron chi connectivity index (χ2n) is 17.6. The number of phenols is 8. The van der Waals surface area contributed by atoms with Gasteiger partial charge in [-0.1, -0.05) is 48.6 Å². The molecule has 0 heterocycles. The molecular weight excluding hydrogens is 985 g/mol. The summed E-state index contributed by atoms with van der Waals surface area (Å²) in [6.07, 6.45) is -3.23. The first-order valence-corrected chi connectivity index (χ1v) is 21.4. The number of carboxylic acid groups (broad SMARTS) is 2. The predicted molar refractivity (Wildman–Crippen MR) is 251 cm³/mol. The molecule has 6 rings (SSSR count). The van der Waals surface area contributed by atoms with Crippen molar-refractivity contribution in [3.8, 4) is 46.0 Å². The van der Waals surface area contributed by atoms with E-state index in [1.54, 1.807) is 0 Å². The minimum absolute atomic E-state index is 0.124. The van der Waals surface area contributed by atoms with Gasteiger partial charge in [-0.2, -0.15) is 0 Å². The van der Waals surface area contributed by atoms with Crippen LogP contribution in [0.4, 0.5) is 0 Å². The number of ketones is 4. The van der Waals surface area contributed by atoms with Gasteiger partial charge < -0.3 is 91.9 Å². The SMILES string of the molecule is O=C(O)C1(O)C[C@@H](O)C(O)(C(=O)/C=C/c2ccc(O)c(O)c2)[C@@](O)(C(=O)/C=C/c2ccc(O)c(O)c2)C1.O=C(O)C1(O)C[C@](O)(C(=O)/C=C/c2ccc(O)c(O)c2)C(O)[C@@](O)(C(=O)/C=C/c2ccc(O)c(O)c2)C1. The molecule has 0 amide bonds. The summed E-state index contributed by atoms with van der Waals surface area (Å²) in [6.45, 7) is 0. The van der Waals surface area contributed by atoms with E-state index in [1.165, 1.54) is 24.3 Å². The highest BCUT2D eigenvalue weighted by Crippen LogP contribution is 2.46. The van der Waals surface area contributed by atoms with Gasteiger partial charge in [-0.3, -0.25) is 19.2 Å². The lowest BCUT2D eigenvalue weighted by Crippen LogP contribution is -2.75. The molecule has 6 atom stereocenters. The van der Waals surface area contributed by atoms with E-state index in [9.17, 15) is 121 Å². The minimum atomic E-state index is -3.34. The fourth-order valence-corrected chi connectivity index (χ4v) is 8.13. The summed E-state index contributed by atoms with van der Waals surface area (Å²) < 4.78 is 0. The van der Waals surface area contributed by atoms with Gasteiger partial charge in [0.15, 0.2) is 103 Å². The van der Waals surface area contributed by atoms with Crippen LogP contribution in [-0.4, -0.2) is 173 Å². The van der Waals surface area contributed by atoms with Gasteiger partial charge in [0.2, 0.25) is 0 Å². The number of rotatable bonds is 14. The summed E-state index contributed by atoms with van der Waals surface area (Å²) in [6, 6.07) is 13.7. The van der Waals surface area contributed by atoms with Gasteiger partial charge in [0, 0.05) is 25.7 Å². The highest BCUT2D eigenvalue weighted by Gasteiger charge is 2.70. The molecule has 24 nitrogen and oxygen atoms in total. The number of phenolic OH excluding ortho intramolecular Hbond substituents is 8. The first-order valence-electron chi connectivity index (χ1n) is 21.4. The number of carbonyl (C=O) groups excluding carboxylic acids is 4. The summed E-state index contributed by atoms with van der Waals surface area (Å²) in [7, 11) is 0. The predicted octanol–water partition coefficient (Wildman–Crippen LogP) is -0.387. The van der Waals surface area contributed by atoms with E-state index < -0.39 is 153 Å². The Bertz CT molecular complexity index is 2940. The van der Waals surface area contributed by atoms with E-state index in [0.29, 0.717) is 24.3 Å². The summed E-state index contributed by atoms with van der Waals surface area (Å²) >= 11 is 0. The van der Waals surface area contributed by atoms with E-state index in [1.807, 2.05) is 0 Å². The fraction of sp³-hybridized carbons (Fsp3) is 0.240. The summed E-state index contributed by atoms with van der Waals surface area (Å²) in [4.78, 5) is 75.5. The van der Waals surface area contributed by atoms with Crippen LogP contribution >= 0.6 is 0 Å². The number of hydrogen-bond donors (Lipinski definition) is 18. The molecule has 24 heteroatoms. The molecule has 0 aliphatic heterocycles. The number of carboxylic acids is 2. The van der Waals surface area contributed by atoms with Gasteiger partial charge in [0.1, 0.15) is 6.10 Å². The maximum absolute atomic E-state index is 13.1. The molecule has 18 N–H and O–H groups in total. The third-order valence-electron chi connectivity index (χ3n) is 12.4. The molecule has 2 unspecified atom stereocenters. The third-order valence-corrected chi connectivity index (χ3v) is 12.4. The standard InChI is InChI=1S/2C25H24O12/c26-15-5-1-13(9-17(15)28)3-7-19(30)24(36)11-23(35,22(33)34)12-25(37,21(24)32)20(31)8-4-14-2-6-16(27)18(29)10-14;26-15-5-1-13(9-17(15)28)3-7-19(30)24(36)12-23(35,22(33)34)11-21(32)25(24,37)20(31)8-4-14-2-6-16(27)18(29)10-14/h2*1-10,21,26-29,32,35-37H,11-12H2,(H,33,34)/b2*7-3+,8-4+/t21?,23?,24-,25-;21-,23?,24+,25?/m01/s1. The zero-order valence-electron chi connectivity index (χ0n) is 38.0. The van der Waals surface area contributed by atoms with Crippen LogP contribution in [-0.2, 0) is 28.8 Å². The Labute approximate surface area is 416 Å². The molecule has 2 fully saturated rings. The van der Waals surface area contributed by atoms with Crippen molar-refractivity contribution in [3.63, 3.8) is 0 Å². The van der Waals surface area contributed by atoms with Crippen LogP contribution in [0.3, 0.4) is 0 Å². The molecular formula is C50H48O24. The molecule has 4 aromatic carbocycles. The number of aliphatic carboxylic acids is 2. The molecule has 74 heavy (non-hydrogen) atoms. The van der Waals surface area contributed by atoms with Crippen LogP contribution in [0.5, 0.6) is 46.0 Å². The van der Waals surface area contributed by atoms with Gasteiger partial charge in [-0.05, 0) is 95.1 Å². The quantitative estimate of drug-likeness (QED) is 0.0565. The topological polar surface area (TPSA) is 467 Å². The van der Waals surface area contributed by atoms with Gasteiger partial charge in [-0.25, -0.2) is 9.59 Å². The Morgan fingerprint density at radius 3 is 1.00 bits per heavy atom. The monoisotopic (exact) mass is 1030 g/mol. The Kier molecular flexibility index (Phi) is 16.0. The van der Waals surface area contributed by atoms with Crippen molar-refractivity contribution in [3.05, 3.63) is 119 Å². The summed E-state index contributed by atoms with van der Waals surface area (Å²) in [5.74, 6) is -13.5. The van der Waals surface area contributed by atoms with E-state index in [-0.39, 0.29) is 22.3 Å². The molecule has 2 aliphatic carbocycles. The van der Waals surface area contributed by atoms with Gasteiger partial charge in [0.05, 0.1) is 6.10 Å². The summed E-state index contributed by atoms with van der Waals surface area (Å²) in [5.41, 5.74) is -18.3. The zero-order valence-corrected chi connectivity index (χ0v) is 38.0. The average molecular weight is 1030 g/mol. The molecule has 0 aromatic heterocycles. The average Bonchev–Trinajstić information content (AvgIpc) is 3.33. The number of aromatic hydroxyl groups is 8. The van der Waals surface area contributed by atoms with Crippen molar-refractivity contribution < 1.29 is 121 Å². The third kappa shape index (κ3) is 11.1. The zero-order chi connectivity index (χ0) is 55.5. The van der Waals surface area contributed by atoms with Gasteiger partial charge >= 0.3 is 11.9 Å². The number of benzene rings is 4. The Morgan fingerprint density at radius 2 is 0.703 bits per heavy atom. The number of carbonyl (C=O) groups is 6. The molecule has 2 aliphatic rings. The van der Waals surface area contributed by atoms with Crippen molar-refractivity contribution in [2.75, 3.05) is 0 Å². The van der Waals surface area contributed by atoms with Crippen molar-refractivity contribution >= 4 is 59.4 Å². The first kappa shape index (κ1) is 56.5. The minimum Gasteiger partial charge on any atom is -0.504 e. The van der Waals surface area contributed by atoms with Crippen LogP contribution in [0.25, 0.3) is 24.3 Å².